The predicted molar refractivity (Wildman–Crippen MR) is 113 cm³/mol. The van der Waals surface area contributed by atoms with Crippen molar-refractivity contribution in [2.45, 2.75) is 30.8 Å². The number of hydrogen-bond acceptors (Lipinski definition) is 3. The number of nitrogens with one attached hydrogen (secondary N) is 1. The first kappa shape index (κ1) is 20.3. The number of nitrogens with zero attached hydrogens (tertiary/aromatic N) is 1. The van der Waals surface area contributed by atoms with E-state index in [1.807, 2.05) is 31.2 Å². The quantitative estimate of drug-likeness (QED) is 0.691. The lowest BCUT2D eigenvalue weighted by Crippen LogP contribution is -2.50. The average Bonchev–Trinajstić information content (AvgIpc) is 2.74. The Labute approximate surface area is 175 Å². The molecule has 0 saturated heterocycles. The third kappa shape index (κ3) is 3.86. The number of sulfonamides is 1. The Morgan fingerprint density at radius 3 is 2.30 bits per heavy atom. The van der Waals surface area contributed by atoms with E-state index in [9.17, 15) is 17.6 Å². The highest BCUT2D eigenvalue weighted by Gasteiger charge is 2.39. The second kappa shape index (κ2) is 8.01. The summed E-state index contributed by atoms with van der Waals surface area (Å²) in [5.41, 5.74) is 2.71. The summed E-state index contributed by atoms with van der Waals surface area (Å²) >= 11 is 0. The van der Waals surface area contributed by atoms with E-state index in [0.29, 0.717) is 0 Å². The van der Waals surface area contributed by atoms with Crippen LogP contribution in [0.2, 0.25) is 0 Å². The van der Waals surface area contributed by atoms with E-state index in [2.05, 4.69) is 5.32 Å². The van der Waals surface area contributed by atoms with E-state index in [1.165, 1.54) is 34.6 Å². The van der Waals surface area contributed by atoms with E-state index in [0.717, 1.165) is 16.7 Å². The number of anilines is 1. The lowest BCUT2D eigenvalue weighted by Gasteiger charge is -2.35. The third-order valence-electron chi connectivity index (χ3n) is 5.27. The SMILES string of the molecule is Cc1ccc(S(=O)(=O)N2Cc3ccccc3CC2C(=O)Nc2ccccc2F)cc1. The lowest BCUT2D eigenvalue weighted by molar-refractivity contribution is -0.120. The summed E-state index contributed by atoms with van der Waals surface area (Å²) in [6.45, 7) is 1.94. The minimum atomic E-state index is -3.94. The first-order valence-electron chi connectivity index (χ1n) is 9.57. The minimum Gasteiger partial charge on any atom is -0.322 e. The number of rotatable bonds is 4. The molecule has 0 aliphatic carbocycles. The lowest BCUT2D eigenvalue weighted by atomic mass is 9.95. The van der Waals surface area contributed by atoms with Gasteiger partial charge in [-0.1, -0.05) is 54.1 Å². The number of aryl methyl sites for hydroxylation is 1. The molecule has 1 unspecified atom stereocenters. The summed E-state index contributed by atoms with van der Waals surface area (Å²) in [5, 5.41) is 2.55. The van der Waals surface area contributed by atoms with E-state index >= 15 is 0 Å². The molecule has 0 spiro atoms. The number of halogens is 1. The second-order valence-electron chi connectivity index (χ2n) is 7.32. The molecule has 5 nitrogen and oxygen atoms in total. The fraction of sp³-hybridized carbons (Fsp3) is 0.174. The molecule has 1 N–H and O–H groups in total. The van der Waals surface area contributed by atoms with E-state index in [1.54, 1.807) is 18.2 Å². The number of carbonyl (C=O) groups excluding carboxylic acids is 1. The maximum Gasteiger partial charge on any atom is 0.244 e. The van der Waals surface area contributed by atoms with Crippen molar-refractivity contribution in [1.82, 2.24) is 4.31 Å². The largest absolute Gasteiger partial charge is 0.322 e. The Bertz CT molecular complexity index is 1190. The van der Waals surface area contributed by atoms with Gasteiger partial charge in [0.2, 0.25) is 15.9 Å². The molecule has 0 fully saturated rings. The predicted octanol–water partition coefficient (Wildman–Crippen LogP) is 3.89. The number of fused-ring (bicyclic) bond motifs is 1. The summed E-state index contributed by atoms with van der Waals surface area (Å²) < 4.78 is 42.1. The molecule has 1 amide bonds. The molecule has 30 heavy (non-hydrogen) atoms. The van der Waals surface area contributed by atoms with Crippen molar-refractivity contribution in [3.05, 3.63) is 95.3 Å². The summed E-state index contributed by atoms with van der Waals surface area (Å²) in [4.78, 5) is 13.2. The zero-order chi connectivity index (χ0) is 21.3. The van der Waals surface area contributed by atoms with Gasteiger partial charge in [-0.3, -0.25) is 4.79 Å². The Morgan fingerprint density at radius 1 is 0.967 bits per heavy atom. The van der Waals surface area contributed by atoms with Gasteiger partial charge in [-0.25, -0.2) is 12.8 Å². The van der Waals surface area contributed by atoms with Gasteiger partial charge in [0.05, 0.1) is 10.6 Å². The molecule has 4 rings (SSSR count). The Balaban J connectivity index is 1.73. The summed E-state index contributed by atoms with van der Waals surface area (Å²) in [6.07, 6.45) is 0.210. The van der Waals surface area contributed by atoms with E-state index < -0.39 is 27.8 Å². The number of para-hydroxylation sites is 1. The van der Waals surface area contributed by atoms with Crippen molar-refractivity contribution in [2.24, 2.45) is 0 Å². The summed E-state index contributed by atoms with van der Waals surface area (Å²) in [7, 11) is -3.94. The fourth-order valence-electron chi connectivity index (χ4n) is 3.60. The molecule has 0 radical (unpaired) electrons. The van der Waals surface area contributed by atoms with E-state index in [-0.39, 0.29) is 23.5 Å². The number of benzene rings is 3. The summed E-state index contributed by atoms with van der Waals surface area (Å²) in [5.74, 6) is -1.14. The van der Waals surface area contributed by atoms with Crippen molar-refractivity contribution in [3.8, 4) is 0 Å². The second-order valence-corrected chi connectivity index (χ2v) is 9.21. The van der Waals surface area contributed by atoms with Gasteiger partial charge in [0.1, 0.15) is 11.9 Å². The molecular weight excluding hydrogens is 403 g/mol. The van der Waals surface area contributed by atoms with Crippen LogP contribution in [0.15, 0.2) is 77.7 Å². The molecule has 1 aliphatic heterocycles. The molecule has 1 heterocycles. The van der Waals surface area contributed by atoms with Crippen LogP contribution in [0, 0.1) is 12.7 Å². The van der Waals surface area contributed by atoms with Crippen LogP contribution < -0.4 is 5.32 Å². The molecule has 1 aliphatic rings. The normalized spacial score (nSPS) is 16.7. The number of amides is 1. The third-order valence-corrected chi connectivity index (χ3v) is 7.14. The van der Waals surface area contributed by atoms with Crippen LogP contribution in [0.1, 0.15) is 16.7 Å². The molecule has 0 bridgehead atoms. The maximum atomic E-state index is 14.0. The molecule has 7 heteroatoms. The Kier molecular flexibility index (Phi) is 5.40. The zero-order valence-corrected chi connectivity index (χ0v) is 17.2. The number of carbonyl (C=O) groups is 1. The van der Waals surface area contributed by atoms with Crippen LogP contribution in [0.3, 0.4) is 0 Å². The topological polar surface area (TPSA) is 66.5 Å². The summed E-state index contributed by atoms with van der Waals surface area (Å²) in [6, 6.07) is 18.8. The smallest absolute Gasteiger partial charge is 0.244 e. The highest BCUT2D eigenvalue weighted by Crippen LogP contribution is 2.30. The highest BCUT2D eigenvalue weighted by molar-refractivity contribution is 7.89. The van der Waals surface area contributed by atoms with Crippen molar-refractivity contribution in [1.29, 1.82) is 0 Å². The van der Waals surface area contributed by atoms with Gasteiger partial charge in [-0.15, -0.1) is 0 Å². The molecule has 3 aromatic carbocycles. The van der Waals surface area contributed by atoms with Crippen molar-refractivity contribution >= 4 is 21.6 Å². The highest BCUT2D eigenvalue weighted by atomic mass is 32.2. The van der Waals surface area contributed by atoms with Gasteiger partial charge in [-0.05, 0) is 48.7 Å². The first-order valence-corrected chi connectivity index (χ1v) is 11.0. The monoisotopic (exact) mass is 424 g/mol. The standard InChI is InChI=1S/C23H21FN2O3S/c1-16-10-12-19(13-11-16)30(28,29)26-15-18-7-3-2-6-17(18)14-22(26)23(27)25-21-9-5-4-8-20(21)24/h2-13,22H,14-15H2,1H3,(H,25,27). The van der Waals surface area contributed by atoms with Gasteiger partial charge >= 0.3 is 0 Å². The van der Waals surface area contributed by atoms with Crippen LogP contribution in [0.5, 0.6) is 0 Å². The van der Waals surface area contributed by atoms with E-state index in [4.69, 9.17) is 0 Å². The van der Waals surface area contributed by atoms with Gasteiger partial charge < -0.3 is 5.32 Å². The van der Waals surface area contributed by atoms with Crippen molar-refractivity contribution in [3.63, 3.8) is 0 Å². The first-order chi connectivity index (χ1) is 14.4. The molecule has 3 aromatic rings. The minimum absolute atomic E-state index is 0.0223. The van der Waals surface area contributed by atoms with Crippen LogP contribution in [0.4, 0.5) is 10.1 Å². The van der Waals surface area contributed by atoms with Crippen LogP contribution in [-0.4, -0.2) is 24.7 Å². The molecule has 1 atom stereocenters. The van der Waals surface area contributed by atoms with Crippen molar-refractivity contribution in [2.75, 3.05) is 5.32 Å². The van der Waals surface area contributed by atoms with Gasteiger partial charge in [0.15, 0.2) is 0 Å². The van der Waals surface area contributed by atoms with Crippen LogP contribution in [-0.2, 0) is 27.8 Å². The van der Waals surface area contributed by atoms with Gasteiger partial charge in [0, 0.05) is 6.54 Å². The maximum absolute atomic E-state index is 14.0. The Hall–Kier alpha value is -3.03. The van der Waals surface area contributed by atoms with Crippen molar-refractivity contribution < 1.29 is 17.6 Å². The fourth-order valence-corrected chi connectivity index (χ4v) is 5.16. The zero-order valence-electron chi connectivity index (χ0n) is 16.4. The molecule has 0 aromatic heterocycles. The Morgan fingerprint density at radius 2 is 1.60 bits per heavy atom. The van der Waals surface area contributed by atoms with Gasteiger partial charge in [0.25, 0.3) is 0 Å². The molecular formula is C23H21FN2O3S. The molecule has 154 valence electrons. The average molecular weight is 424 g/mol. The van der Waals surface area contributed by atoms with Crippen LogP contribution >= 0.6 is 0 Å². The van der Waals surface area contributed by atoms with Gasteiger partial charge in [-0.2, -0.15) is 4.31 Å². The molecule has 0 saturated carbocycles. The number of hydrogen-bond donors (Lipinski definition) is 1. The van der Waals surface area contributed by atoms with Crippen LogP contribution in [0.25, 0.3) is 0 Å².